The Labute approximate surface area is 129 Å². The van der Waals surface area contributed by atoms with Gasteiger partial charge >= 0.3 is 0 Å². The van der Waals surface area contributed by atoms with E-state index < -0.39 is 17.1 Å². The van der Waals surface area contributed by atoms with Crippen molar-refractivity contribution < 1.29 is 19.4 Å². The summed E-state index contributed by atoms with van der Waals surface area (Å²) in [5.74, 6) is -0.481. The molecule has 2 N–H and O–H groups in total. The largest absolute Gasteiger partial charge is 0.388 e. The number of nitrogens with zero attached hydrogens (tertiary/aromatic N) is 1. The molecule has 1 aromatic rings. The van der Waals surface area contributed by atoms with Crippen molar-refractivity contribution in [1.29, 1.82) is 0 Å². The Kier molecular flexibility index (Phi) is 3.73. The fraction of sp³-hybridized carbons (Fsp3) is 0.588. The molecular weight excluding hydrogens is 285 g/mol. The molecule has 0 spiro atoms. The SMILES string of the molecule is CC[C@@]1(O)CCN(C(=O)C2(c3ccccc3F)CC2)C[C@H]1O. The van der Waals surface area contributed by atoms with Crippen molar-refractivity contribution in [1.82, 2.24) is 4.90 Å². The van der Waals surface area contributed by atoms with Crippen LogP contribution in [0.15, 0.2) is 24.3 Å². The Morgan fingerprint density at radius 1 is 1.36 bits per heavy atom. The van der Waals surface area contributed by atoms with E-state index in [4.69, 9.17) is 0 Å². The molecule has 0 bridgehead atoms. The average molecular weight is 307 g/mol. The van der Waals surface area contributed by atoms with E-state index in [1.165, 1.54) is 6.07 Å². The highest BCUT2D eigenvalue weighted by Crippen LogP contribution is 2.50. The summed E-state index contributed by atoms with van der Waals surface area (Å²) in [5.41, 5.74) is -1.44. The maximum Gasteiger partial charge on any atom is 0.233 e. The van der Waals surface area contributed by atoms with Gasteiger partial charge in [-0.25, -0.2) is 4.39 Å². The summed E-state index contributed by atoms with van der Waals surface area (Å²) in [6.45, 7) is 2.33. The third kappa shape index (κ3) is 2.32. The summed E-state index contributed by atoms with van der Waals surface area (Å²) in [6, 6.07) is 6.41. The lowest BCUT2D eigenvalue weighted by atomic mass is 9.85. The first-order valence-electron chi connectivity index (χ1n) is 7.88. The van der Waals surface area contributed by atoms with Gasteiger partial charge in [-0.2, -0.15) is 0 Å². The molecule has 1 aliphatic heterocycles. The van der Waals surface area contributed by atoms with Crippen LogP contribution in [-0.2, 0) is 10.2 Å². The van der Waals surface area contributed by atoms with Gasteiger partial charge in [0.2, 0.25) is 5.91 Å². The van der Waals surface area contributed by atoms with Gasteiger partial charge in [0.1, 0.15) is 11.9 Å². The van der Waals surface area contributed by atoms with Crippen molar-refractivity contribution in [3.63, 3.8) is 0 Å². The molecule has 1 amide bonds. The predicted octanol–water partition coefficient (Wildman–Crippen LogP) is 1.59. The van der Waals surface area contributed by atoms with Gasteiger partial charge in [-0.15, -0.1) is 0 Å². The van der Waals surface area contributed by atoms with E-state index in [1.807, 2.05) is 6.92 Å². The van der Waals surface area contributed by atoms with Crippen LogP contribution in [0, 0.1) is 5.82 Å². The predicted molar refractivity (Wildman–Crippen MR) is 79.8 cm³/mol. The number of carbonyl (C=O) groups is 1. The first-order chi connectivity index (χ1) is 10.4. The molecule has 1 saturated carbocycles. The Morgan fingerprint density at radius 2 is 2.05 bits per heavy atom. The molecule has 22 heavy (non-hydrogen) atoms. The molecule has 5 heteroatoms. The third-order valence-electron chi connectivity index (χ3n) is 5.28. The van der Waals surface area contributed by atoms with E-state index in [2.05, 4.69) is 0 Å². The van der Waals surface area contributed by atoms with Crippen LogP contribution < -0.4 is 0 Å². The molecule has 0 unspecified atom stereocenters. The van der Waals surface area contributed by atoms with Gasteiger partial charge in [-0.05, 0) is 31.7 Å². The molecule has 0 aromatic heterocycles. The van der Waals surface area contributed by atoms with Crippen molar-refractivity contribution in [3.05, 3.63) is 35.6 Å². The van der Waals surface area contributed by atoms with Gasteiger partial charge in [-0.1, -0.05) is 25.1 Å². The number of aliphatic hydroxyl groups is 2. The lowest BCUT2D eigenvalue weighted by Crippen LogP contribution is -2.58. The number of piperidine rings is 1. The molecule has 2 atom stereocenters. The first-order valence-corrected chi connectivity index (χ1v) is 7.88. The van der Waals surface area contributed by atoms with E-state index in [1.54, 1.807) is 23.1 Å². The summed E-state index contributed by atoms with van der Waals surface area (Å²) in [4.78, 5) is 14.4. The van der Waals surface area contributed by atoms with E-state index in [0.717, 1.165) is 0 Å². The average Bonchev–Trinajstić information content (AvgIpc) is 3.31. The normalized spacial score (nSPS) is 30.2. The van der Waals surface area contributed by atoms with E-state index in [-0.39, 0.29) is 18.3 Å². The Hall–Kier alpha value is -1.46. The third-order valence-corrected chi connectivity index (χ3v) is 5.28. The Bertz CT molecular complexity index is 587. The van der Waals surface area contributed by atoms with Crippen LogP contribution in [0.25, 0.3) is 0 Å². The summed E-state index contributed by atoms with van der Waals surface area (Å²) in [7, 11) is 0. The molecule has 2 aliphatic rings. The molecule has 3 rings (SSSR count). The molecule has 120 valence electrons. The van der Waals surface area contributed by atoms with Gasteiger partial charge in [-0.3, -0.25) is 4.79 Å². The van der Waals surface area contributed by atoms with Crippen molar-refractivity contribution >= 4 is 5.91 Å². The molecule has 1 heterocycles. The second-order valence-electron chi connectivity index (χ2n) is 6.54. The van der Waals surface area contributed by atoms with Gasteiger partial charge < -0.3 is 15.1 Å². The molecule has 0 radical (unpaired) electrons. The number of benzene rings is 1. The second kappa shape index (κ2) is 5.32. The fourth-order valence-electron chi connectivity index (χ4n) is 3.44. The Balaban J connectivity index is 1.80. The van der Waals surface area contributed by atoms with Crippen molar-refractivity contribution in [3.8, 4) is 0 Å². The number of hydrogen-bond donors (Lipinski definition) is 2. The molecule has 2 fully saturated rings. The van der Waals surface area contributed by atoms with Crippen LogP contribution in [0.4, 0.5) is 4.39 Å². The van der Waals surface area contributed by atoms with E-state index in [9.17, 15) is 19.4 Å². The maximum atomic E-state index is 14.0. The minimum absolute atomic E-state index is 0.110. The summed E-state index contributed by atoms with van der Waals surface area (Å²) < 4.78 is 14.0. The zero-order valence-electron chi connectivity index (χ0n) is 12.8. The number of likely N-dealkylation sites (tertiary alicyclic amines) is 1. The fourth-order valence-corrected chi connectivity index (χ4v) is 3.44. The van der Waals surface area contributed by atoms with Crippen molar-refractivity contribution in [2.45, 2.75) is 49.7 Å². The molecule has 1 aromatic carbocycles. The van der Waals surface area contributed by atoms with E-state index in [0.29, 0.717) is 37.8 Å². The number of halogens is 1. The summed E-state index contributed by atoms with van der Waals surface area (Å²) >= 11 is 0. The molecular formula is C17H22FNO3. The minimum Gasteiger partial charge on any atom is -0.388 e. The highest BCUT2D eigenvalue weighted by atomic mass is 19.1. The van der Waals surface area contributed by atoms with Crippen LogP contribution in [0.3, 0.4) is 0 Å². The number of β-amino-alcohol motifs (C(OH)–C–C–N with tert-alkyl or cyclic N) is 1. The number of rotatable bonds is 3. The van der Waals surface area contributed by atoms with Crippen LogP contribution in [0.5, 0.6) is 0 Å². The zero-order chi connectivity index (χ0) is 16.0. The second-order valence-corrected chi connectivity index (χ2v) is 6.54. The molecule has 1 saturated heterocycles. The summed E-state index contributed by atoms with van der Waals surface area (Å²) in [5, 5.41) is 20.4. The highest BCUT2D eigenvalue weighted by molar-refractivity contribution is 5.91. The number of amides is 1. The van der Waals surface area contributed by atoms with Gasteiger partial charge in [0, 0.05) is 18.7 Å². The van der Waals surface area contributed by atoms with Crippen molar-refractivity contribution in [2.24, 2.45) is 0 Å². The van der Waals surface area contributed by atoms with Gasteiger partial charge in [0.05, 0.1) is 11.0 Å². The lowest BCUT2D eigenvalue weighted by Gasteiger charge is -2.42. The quantitative estimate of drug-likeness (QED) is 0.891. The van der Waals surface area contributed by atoms with Crippen LogP contribution in [0.1, 0.15) is 38.2 Å². The lowest BCUT2D eigenvalue weighted by molar-refractivity contribution is -0.152. The monoisotopic (exact) mass is 307 g/mol. The van der Waals surface area contributed by atoms with Gasteiger partial charge in [0.25, 0.3) is 0 Å². The van der Waals surface area contributed by atoms with E-state index >= 15 is 0 Å². The Morgan fingerprint density at radius 3 is 2.59 bits per heavy atom. The molecule has 1 aliphatic carbocycles. The standard InChI is InChI=1S/C17H22FNO3/c1-2-17(22)9-10-19(11-14(17)20)15(21)16(7-8-16)12-5-3-4-6-13(12)18/h3-6,14,20,22H,2,7-11H2,1H3/t14-,17-/m1/s1. The smallest absolute Gasteiger partial charge is 0.233 e. The van der Waals surface area contributed by atoms with Gasteiger partial charge in [0.15, 0.2) is 0 Å². The van der Waals surface area contributed by atoms with Crippen molar-refractivity contribution in [2.75, 3.05) is 13.1 Å². The first kappa shape index (κ1) is 15.4. The van der Waals surface area contributed by atoms with Crippen LogP contribution in [0.2, 0.25) is 0 Å². The number of aliphatic hydroxyl groups excluding tert-OH is 1. The van der Waals surface area contributed by atoms with Crippen LogP contribution in [-0.4, -0.2) is 45.8 Å². The van der Waals surface area contributed by atoms with Crippen LogP contribution >= 0.6 is 0 Å². The highest BCUT2D eigenvalue weighted by Gasteiger charge is 2.55. The maximum absolute atomic E-state index is 14.0. The molecule has 4 nitrogen and oxygen atoms in total. The minimum atomic E-state index is -1.12. The zero-order valence-corrected chi connectivity index (χ0v) is 12.8. The number of carbonyl (C=O) groups excluding carboxylic acids is 1. The topological polar surface area (TPSA) is 60.8 Å². The number of hydrogen-bond acceptors (Lipinski definition) is 3. The summed E-state index contributed by atoms with van der Waals surface area (Å²) in [6.07, 6.45) is 1.12.